The molecule has 1 heterocycles. The minimum Gasteiger partial charge on any atom is -0.322 e. The summed E-state index contributed by atoms with van der Waals surface area (Å²) < 4.78 is 14.2. The predicted molar refractivity (Wildman–Crippen MR) is 68.4 cm³/mol. The smallest absolute Gasteiger partial charge is 0.244 e. The van der Waals surface area contributed by atoms with Crippen molar-refractivity contribution in [3.63, 3.8) is 0 Å². The van der Waals surface area contributed by atoms with E-state index in [9.17, 15) is 9.18 Å². The van der Waals surface area contributed by atoms with Gasteiger partial charge in [0.25, 0.3) is 0 Å². The molecule has 1 aliphatic heterocycles. The van der Waals surface area contributed by atoms with Gasteiger partial charge >= 0.3 is 0 Å². The maximum absolute atomic E-state index is 13.5. The Hall–Kier alpha value is -0.940. The fraction of sp³-hybridized carbons (Fsp3) is 0.417. The van der Waals surface area contributed by atoms with Crippen molar-refractivity contribution >= 4 is 27.5 Å². The first-order valence-electron chi connectivity index (χ1n) is 5.53. The van der Waals surface area contributed by atoms with Gasteiger partial charge in [0.2, 0.25) is 5.91 Å². The molecule has 5 heteroatoms. The van der Waals surface area contributed by atoms with Crippen LogP contribution in [0.15, 0.2) is 22.7 Å². The summed E-state index contributed by atoms with van der Waals surface area (Å²) in [6, 6.07) is 4.48. The SMILES string of the molecule is CC1(C(=O)Nc2cc(Br)ccc2F)CCCN1. The number of hydrogen-bond acceptors (Lipinski definition) is 2. The van der Waals surface area contributed by atoms with E-state index in [1.807, 2.05) is 6.92 Å². The molecule has 1 aliphatic rings. The maximum atomic E-state index is 13.5. The molecule has 1 unspecified atom stereocenters. The van der Waals surface area contributed by atoms with Gasteiger partial charge in [-0.3, -0.25) is 4.79 Å². The second-order valence-electron chi connectivity index (χ2n) is 4.44. The van der Waals surface area contributed by atoms with E-state index in [0.717, 1.165) is 23.9 Å². The summed E-state index contributed by atoms with van der Waals surface area (Å²) in [5, 5.41) is 5.77. The average molecular weight is 301 g/mol. The molecule has 1 atom stereocenters. The number of carbonyl (C=O) groups is 1. The molecule has 2 N–H and O–H groups in total. The fourth-order valence-corrected chi connectivity index (χ4v) is 2.30. The molecule has 1 fully saturated rings. The third-order valence-electron chi connectivity index (χ3n) is 3.05. The highest BCUT2D eigenvalue weighted by atomic mass is 79.9. The van der Waals surface area contributed by atoms with Gasteiger partial charge in [0.05, 0.1) is 11.2 Å². The molecular weight excluding hydrogens is 287 g/mol. The summed E-state index contributed by atoms with van der Waals surface area (Å²) in [6.45, 7) is 2.66. The highest BCUT2D eigenvalue weighted by Gasteiger charge is 2.36. The third kappa shape index (κ3) is 2.66. The standard InChI is InChI=1S/C12H14BrFN2O/c1-12(5-2-6-15-12)11(17)16-10-7-8(13)3-4-9(10)14/h3-4,7,15H,2,5-6H2,1H3,(H,16,17). The van der Waals surface area contributed by atoms with Crippen molar-refractivity contribution in [2.75, 3.05) is 11.9 Å². The number of anilines is 1. The Labute approximate surface area is 108 Å². The molecule has 3 nitrogen and oxygen atoms in total. The Morgan fingerprint density at radius 3 is 3.00 bits per heavy atom. The molecule has 17 heavy (non-hydrogen) atoms. The second-order valence-corrected chi connectivity index (χ2v) is 5.36. The van der Waals surface area contributed by atoms with Crippen molar-refractivity contribution in [2.24, 2.45) is 0 Å². The molecule has 92 valence electrons. The molecule has 2 rings (SSSR count). The Balaban J connectivity index is 2.15. The normalized spacial score (nSPS) is 23.7. The van der Waals surface area contributed by atoms with Crippen LogP contribution in [0.3, 0.4) is 0 Å². The van der Waals surface area contributed by atoms with Crippen LogP contribution in [0.2, 0.25) is 0 Å². The molecule has 0 spiro atoms. The molecule has 0 radical (unpaired) electrons. The van der Waals surface area contributed by atoms with Crippen molar-refractivity contribution in [3.8, 4) is 0 Å². The number of carbonyl (C=O) groups excluding carboxylic acids is 1. The van der Waals surface area contributed by atoms with Crippen molar-refractivity contribution < 1.29 is 9.18 Å². The van der Waals surface area contributed by atoms with E-state index in [0.29, 0.717) is 0 Å². The summed E-state index contributed by atoms with van der Waals surface area (Å²) in [5.74, 6) is -0.616. The van der Waals surface area contributed by atoms with Crippen LogP contribution < -0.4 is 10.6 Å². The lowest BCUT2D eigenvalue weighted by atomic mass is 9.99. The predicted octanol–water partition coefficient (Wildman–Crippen LogP) is 2.67. The zero-order valence-electron chi connectivity index (χ0n) is 9.52. The number of nitrogens with one attached hydrogen (secondary N) is 2. The molecule has 1 aromatic rings. The van der Waals surface area contributed by atoms with Crippen LogP contribution in [0.25, 0.3) is 0 Å². The Kier molecular flexibility index (Phi) is 3.49. The lowest BCUT2D eigenvalue weighted by Crippen LogP contribution is -2.48. The van der Waals surface area contributed by atoms with E-state index in [1.165, 1.54) is 6.07 Å². The van der Waals surface area contributed by atoms with Crippen LogP contribution in [0.1, 0.15) is 19.8 Å². The number of hydrogen-bond donors (Lipinski definition) is 2. The maximum Gasteiger partial charge on any atom is 0.244 e. The topological polar surface area (TPSA) is 41.1 Å². The van der Waals surface area contributed by atoms with Crippen LogP contribution in [-0.4, -0.2) is 18.0 Å². The molecule has 1 aromatic carbocycles. The van der Waals surface area contributed by atoms with Gasteiger partial charge < -0.3 is 10.6 Å². The van der Waals surface area contributed by atoms with E-state index in [4.69, 9.17) is 0 Å². The Morgan fingerprint density at radius 2 is 2.35 bits per heavy atom. The zero-order chi connectivity index (χ0) is 12.5. The van der Waals surface area contributed by atoms with Crippen LogP contribution in [0, 0.1) is 5.82 Å². The molecular formula is C12H14BrFN2O. The minimum atomic E-state index is -0.589. The van der Waals surface area contributed by atoms with E-state index in [1.54, 1.807) is 12.1 Å². The van der Waals surface area contributed by atoms with Gasteiger partial charge in [0, 0.05) is 4.47 Å². The Morgan fingerprint density at radius 1 is 1.59 bits per heavy atom. The Bertz CT molecular complexity index is 444. The summed E-state index contributed by atoms with van der Waals surface area (Å²) in [5.41, 5.74) is -0.381. The largest absolute Gasteiger partial charge is 0.322 e. The number of halogens is 2. The number of rotatable bonds is 2. The zero-order valence-corrected chi connectivity index (χ0v) is 11.1. The first-order valence-corrected chi connectivity index (χ1v) is 6.32. The van der Waals surface area contributed by atoms with Crippen LogP contribution >= 0.6 is 15.9 Å². The molecule has 0 bridgehead atoms. The van der Waals surface area contributed by atoms with Crippen molar-refractivity contribution in [1.82, 2.24) is 5.32 Å². The first kappa shape index (κ1) is 12.5. The lowest BCUT2D eigenvalue weighted by Gasteiger charge is -2.23. The van der Waals surface area contributed by atoms with Gasteiger partial charge in [-0.2, -0.15) is 0 Å². The molecule has 0 aromatic heterocycles. The average Bonchev–Trinajstić information content (AvgIpc) is 2.72. The molecule has 1 amide bonds. The highest BCUT2D eigenvalue weighted by molar-refractivity contribution is 9.10. The molecule has 0 saturated carbocycles. The van der Waals surface area contributed by atoms with Crippen molar-refractivity contribution in [1.29, 1.82) is 0 Å². The first-order chi connectivity index (χ1) is 8.01. The summed E-state index contributed by atoms with van der Waals surface area (Å²) in [4.78, 5) is 12.0. The highest BCUT2D eigenvalue weighted by Crippen LogP contribution is 2.24. The number of amides is 1. The van der Waals surface area contributed by atoms with E-state index in [2.05, 4.69) is 26.6 Å². The summed E-state index contributed by atoms with van der Waals surface area (Å²) in [6.07, 6.45) is 1.74. The van der Waals surface area contributed by atoms with Gasteiger partial charge in [-0.15, -0.1) is 0 Å². The van der Waals surface area contributed by atoms with Gasteiger partial charge in [0.1, 0.15) is 5.82 Å². The van der Waals surface area contributed by atoms with Crippen LogP contribution in [0.5, 0.6) is 0 Å². The quantitative estimate of drug-likeness (QED) is 0.882. The fourth-order valence-electron chi connectivity index (χ4n) is 1.94. The van der Waals surface area contributed by atoms with Gasteiger partial charge in [-0.05, 0) is 44.5 Å². The molecule has 0 aliphatic carbocycles. The van der Waals surface area contributed by atoms with Crippen molar-refractivity contribution in [2.45, 2.75) is 25.3 Å². The molecule has 1 saturated heterocycles. The lowest BCUT2D eigenvalue weighted by molar-refractivity contribution is -0.121. The van der Waals surface area contributed by atoms with Gasteiger partial charge in [0.15, 0.2) is 0 Å². The van der Waals surface area contributed by atoms with E-state index >= 15 is 0 Å². The van der Waals surface area contributed by atoms with Crippen LogP contribution in [-0.2, 0) is 4.79 Å². The van der Waals surface area contributed by atoms with E-state index in [-0.39, 0.29) is 11.6 Å². The summed E-state index contributed by atoms with van der Waals surface area (Å²) >= 11 is 3.25. The number of benzene rings is 1. The van der Waals surface area contributed by atoms with Gasteiger partial charge in [-0.1, -0.05) is 15.9 Å². The van der Waals surface area contributed by atoms with E-state index < -0.39 is 11.4 Å². The second kappa shape index (κ2) is 4.74. The monoisotopic (exact) mass is 300 g/mol. The van der Waals surface area contributed by atoms with Gasteiger partial charge in [-0.25, -0.2) is 4.39 Å². The van der Waals surface area contributed by atoms with Crippen LogP contribution in [0.4, 0.5) is 10.1 Å². The van der Waals surface area contributed by atoms with Crippen molar-refractivity contribution in [3.05, 3.63) is 28.5 Å². The third-order valence-corrected chi connectivity index (χ3v) is 3.54. The summed E-state index contributed by atoms with van der Waals surface area (Å²) in [7, 11) is 0. The minimum absolute atomic E-state index is 0.188.